The summed E-state index contributed by atoms with van der Waals surface area (Å²) in [4.78, 5) is 17.1. The van der Waals surface area contributed by atoms with Crippen LogP contribution in [0, 0.1) is 0 Å². The lowest BCUT2D eigenvalue weighted by Gasteiger charge is -2.44. The molecule has 0 atom stereocenters. The summed E-state index contributed by atoms with van der Waals surface area (Å²) in [5.41, 5.74) is 10.8. The molecule has 1 saturated carbocycles. The van der Waals surface area contributed by atoms with Gasteiger partial charge in [-0.15, -0.1) is 0 Å². The zero-order valence-corrected chi connectivity index (χ0v) is 20.1. The normalized spacial score (nSPS) is 22.4. The number of aliphatic hydroxyl groups is 1. The van der Waals surface area contributed by atoms with Crippen LogP contribution in [0.4, 0.5) is 5.82 Å². The number of fused-ring (bicyclic) bond motifs is 1. The summed E-state index contributed by atoms with van der Waals surface area (Å²) >= 11 is 0. The summed E-state index contributed by atoms with van der Waals surface area (Å²) in [5, 5.41) is 22.0. The molecule has 2 fully saturated rings. The highest BCUT2D eigenvalue weighted by Gasteiger charge is 2.50. The minimum Gasteiger partial charge on any atom is -0.393 e. The minimum atomic E-state index is -0.740. The molecule has 6 rings (SSSR count). The number of amides is 1. The molecule has 2 aliphatic rings. The van der Waals surface area contributed by atoms with Gasteiger partial charge in [-0.1, -0.05) is 18.2 Å². The van der Waals surface area contributed by atoms with Crippen LogP contribution < -0.4 is 11.1 Å². The van der Waals surface area contributed by atoms with Crippen LogP contribution in [0.1, 0.15) is 37.3 Å². The second-order valence-corrected chi connectivity index (χ2v) is 9.66. The number of rotatable bonds is 5. The van der Waals surface area contributed by atoms with Crippen LogP contribution >= 0.6 is 0 Å². The van der Waals surface area contributed by atoms with Crippen molar-refractivity contribution < 1.29 is 14.6 Å². The highest BCUT2D eigenvalue weighted by molar-refractivity contribution is 5.92. The Labute approximate surface area is 208 Å². The van der Waals surface area contributed by atoms with E-state index in [0.29, 0.717) is 37.4 Å². The highest BCUT2D eigenvalue weighted by Crippen LogP contribution is 2.45. The first kappa shape index (κ1) is 22.7. The van der Waals surface area contributed by atoms with Crippen molar-refractivity contribution in [2.24, 2.45) is 0 Å². The molecule has 1 aliphatic heterocycles. The van der Waals surface area contributed by atoms with Crippen molar-refractivity contribution in [2.45, 2.75) is 43.2 Å². The van der Waals surface area contributed by atoms with E-state index in [4.69, 9.17) is 10.5 Å². The zero-order valence-electron chi connectivity index (χ0n) is 20.1. The number of hydrogen-bond acceptors (Lipinski definition) is 7. The molecule has 4 N–H and O–H groups in total. The quantitative estimate of drug-likeness (QED) is 0.394. The average Bonchev–Trinajstić information content (AvgIpc) is 3.52. The van der Waals surface area contributed by atoms with Crippen LogP contribution in [-0.2, 0) is 14.9 Å². The second kappa shape index (κ2) is 8.72. The lowest BCUT2D eigenvalue weighted by molar-refractivity contribution is -0.134. The number of hydrogen-bond donors (Lipinski definition) is 3. The molecule has 0 radical (unpaired) electrons. The smallest absolute Gasteiger partial charge is 0.230 e. The van der Waals surface area contributed by atoms with Crippen molar-refractivity contribution in [1.82, 2.24) is 29.7 Å². The fraction of sp³-hybridized carbons (Fsp3) is 0.385. The van der Waals surface area contributed by atoms with Crippen LogP contribution in [-0.4, -0.2) is 61.8 Å². The molecule has 186 valence electrons. The van der Waals surface area contributed by atoms with E-state index in [1.807, 2.05) is 36.5 Å². The van der Waals surface area contributed by atoms with Gasteiger partial charge in [-0.25, -0.2) is 9.50 Å². The van der Waals surface area contributed by atoms with Gasteiger partial charge < -0.3 is 20.9 Å². The molecule has 1 amide bonds. The summed E-state index contributed by atoms with van der Waals surface area (Å²) in [6.45, 7) is 1.43. The molecule has 0 spiro atoms. The van der Waals surface area contributed by atoms with E-state index in [2.05, 4.69) is 31.2 Å². The van der Waals surface area contributed by atoms with Gasteiger partial charge in [0.25, 0.3) is 0 Å². The molecule has 4 heterocycles. The molecule has 4 aromatic rings. The van der Waals surface area contributed by atoms with Crippen LogP contribution in [0.5, 0.6) is 0 Å². The Morgan fingerprint density at radius 3 is 2.72 bits per heavy atom. The van der Waals surface area contributed by atoms with E-state index in [1.165, 1.54) is 6.33 Å². The van der Waals surface area contributed by atoms with Gasteiger partial charge in [0.05, 0.1) is 28.9 Å². The number of benzene rings is 1. The van der Waals surface area contributed by atoms with Gasteiger partial charge in [0.2, 0.25) is 5.91 Å². The maximum atomic E-state index is 12.8. The Hall–Kier alpha value is -3.76. The first-order chi connectivity index (χ1) is 17.5. The molecule has 3 aromatic heterocycles. The van der Waals surface area contributed by atoms with Gasteiger partial charge in [0.15, 0.2) is 5.82 Å². The number of likely N-dealkylation sites (N-methyl/N-ethyl adjacent to an activating group) is 1. The van der Waals surface area contributed by atoms with E-state index >= 15 is 0 Å². The number of aromatic nitrogens is 5. The van der Waals surface area contributed by atoms with Crippen molar-refractivity contribution in [3.63, 3.8) is 0 Å². The third-order valence-corrected chi connectivity index (χ3v) is 7.61. The monoisotopic (exact) mass is 487 g/mol. The fourth-order valence-corrected chi connectivity index (χ4v) is 5.73. The fourth-order valence-electron chi connectivity index (χ4n) is 5.73. The number of aliphatic hydroxyl groups excluding tert-OH is 1. The summed E-state index contributed by atoms with van der Waals surface area (Å²) < 4.78 is 9.41. The number of anilines is 1. The Bertz CT molecular complexity index is 1430. The maximum Gasteiger partial charge on any atom is 0.230 e. The zero-order chi connectivity index (χ0) is 24.9. The van der Waals surface area contributed by atoms with Crippen molar-refractivity contribution in [1.29, 1.82) is 0 Å². The molecule has 0 unspecified atom stereocenters. The maximum absolute atomic E-state index is 12.8. The number of carbonyl (C=O) groups is 1. The number of nitrogens with one attached hydrogen (secondary N) is 1. The lowest BCUT2D eigenvalue weighted by Crippen LogP contribution is -2.54. The van der Waals surface area contributed by atoms with E-state index in [9.17, 15) is 9.90 Å². The topological polar surface area (TPSA) is 133 Å². The van der Waals surface area contributed by atoms with Gasteiger partial charge >= 0.3 is 0 Å². The Balaban J connectivity index is 1.49. The van der Waals surface area contributed by atoms with Crippen LogP contribution in [0.3, 0.4) is 0 Å². The van der Waals surface area contributed by atoms with Gasteiger partial charge in [-0.2, -0.15) is 10.2 Å². The van der Waals surface area contributed by atoms with Crippen LogP contribution in [0.25, 0.3) is 28.0 Å². The molecule has 36 heavy (non-hydrogen) atoms. The van der Waals surface area contributed by atoms with Crippen molar-refractivity contribution in [2.75, 3.05) is 26.0 Å². The third-order valence-electron chi connectivity index (χ3n) is 7.61. The largest absolute Gasteiger partial charge is 0.393 e. The standard InChI is InChI=1S/C26H29N7O3/c1-28-25(35)26(13-19(34)14-26)17-4-2-3-16(11-17)22-12-20(23-24(27)29-15-31-33(22)23)21-5-8-30-32(21)18-6-9-36-10-7-18/h2-5,8,11-12,15,18-19,34H,6-7,9-10,13-14H2,1H3,(H,28,35)(H2,27,29,31). The molecule has 1 aromatic carbocycles. The second-order valence-electron chi connectivity index (χ2n) is 9.66. The molecule has 1 saturated heterocycles. The van der Waals surface area contributed by atoms with E-state index in [-0.39, 0.29) is 11.9 Å². The predicted octanol–water partition coefficient (Wildman–Crippen LogP) is 2.33. The Morgan fingerprint density at radius 2 is 1.97 bits per heavy atom. The first-order valence-electron chi connectivity index (χ1n) is 12.3. The summed E-state index contributed by atoms with van der Waals surface area (Å²) in [7, 11) is 1.63. The van der Waals surface area contributed by atoms with Crippen LogP contribution in [0.15, 0.2) is 48.9 Å². The van der Waals surface area contributed by atoms with Gasteiger partial charge in [0.1, 0.15) is 11.8 Å². The molecule has 1 aliphatic carbocycles. The van der Waals surface area contributed by atoms with Gasteiger partial charge in [-0.3, -0.25) is 9.48 Å². The van der Waals surface area contributed by atoms with Crippen molar-refractivity contribution in [3.8, 4) is 22.5 Å². The highest BCUT2D eigenvalue weighted by atomic mass is 16.5. The third kappa shape index (κ3) is 3.48. The van der Waals surface area contributed by atoms with Crippen molar-refractivity contribution in [3.05, 3.63) is 54.5 Å². The number of ether oxygens (including phenoxy) is 1. The molecule has 10 nitrogen and oxygen atoms in total. The van der Waals surface area contributed by atoms with Gasteiger partial charge in [-0.05, 0) is 49.4 Å². The Kier molecular flexibility index (Phi) is 5.50. The Morgan fingerprint density at radius 1 is 1.17 bits per heavy atom. The summed E-state index contributed by atoms with van der Waals surface area (Å²) in [5.74, 6) is 0.295. The molecular weight excluding hydrogens is 458 g/mol. The van der Waals surface area contributed by atoms with E-state index in [0.717, 1.165) is 40.9 Å². The minimum absolute atomic E-state index is 0.0856. The SMILES string of the molecule is CNC(=O)C1(c2cccc(-c3cc(-c4ccnn4C4CCOCC4)c4c(N)ncnn34)c2)CC(O)C1. The number of nitrogen functional groups attached to an aromatic ring is 1. The summed E-state index contributed by atoms with van der Waals surface area (Å²) in [6.07, 6.45) is 5.37. The van der Waals surface area contributed by atoms with Crippen LogP contribution in [0.2, 0.25) is 0 Å². The molecule has 0 bridgehead atoms. The predicted molar refractivity (Wildman–Crippen MR) is 134 cm³/mol. The lowest BCUT2D eigenvalue weighted by atomic mass is 9.62. The van der Waals surface area contributed by atoms with Crippen molar-refractivity contribution >= 4 is 17.2 Å². The van der Waals surface area contributed by atoms with E-state index < -0.39 is 11.5 Å². The molecular formula is C26H29N7O3. The average molecular weight is 488 g/mol. The first-order valence-corrected chi connectivity index (χ1v) is 12.3. The van der Waals surface area contributed by atoms with E-state index in [1.54, 1.807) is 11.6 Å². The number of carbonyl (C=O) groups excluding carboxylic acids is 1. The number of nitrogens with zero attached hydrogens (tertiary/aromatic N) is 5. The van der Waals surface area contributed by atoms with Gasteiger partial charge in [0, 0.05) is 37.6 Å². The molecule has 10 heteroatoms. The summed E-state index contributed by atoms with van der Waals surface area (Å²) in [6, 6.07) is 12.2. The number of nitrogens with two attached hydrogens (primary N) is 1.